The van der Waals surface area contributed by atoms with E-state index in [1.165, 1.54) is 0 Å². The van der Waals surface area contributed by atoms with E-state index < -0.39 is 10.3 Å². The van der Waals surface area contributed by atoms with Crippen LogP contribution in [0.25, 0.3) is 0 Å². The molecule has 0 atom stereocenters. The van der Waals surface area contributed by atoms with Gasteiger partial charge in [-0.25, -0.2) is 0 Å². The van der Waals surface area contributed by atoms with Crippen molar-refractivity contribution >= 4 is 15.3 Å². The Morgan fingerprint density at radius 1 is 1.29 bits per heavy atom. The number of benzene rings is 1. The Kier molecular flexibility index (Phi) is 4.35. The fourth-order valence-electron chi connectivity index (χ4n) is 1.19. The molecule has 0 saturated heterocycles. The van der Waals surface area contributed by atoms with Crippen LogP contribution in [0.2, 0.25) is 0 Å². The molecule has 0 aromatic heterocycles. The van der Waals surface area contributed by atoms with Crippen LogP contribution in [0.1, 0.15) is 12.0 Å². The number of nitrogens with one attached hydrogen (secondary N) is 1. The molecule has 14 heavy (non-hydrogen) atoms. The molecule has 0 heterocycles. The van der Waals surface area contributed by atoms with Crippen LogP contribution in [0.4, 0.5) is 0 Å². The molecule has 4 heteroatoms. The summed E-state index contributed by atoms with van der Waals surface area (Å²) in [6.07, 6.45) is 1.27. The Bertz CT molecular complexity index is 401. The molecule has 1 aromatic carbocycles. The maximum absolute atomic E-state index is 10.7. The van der Waals surface area contributed by atoms with Crippen molar-refractivity contribution in [2.24, 2.45) is 0 Å². The lowest BCUT2D eigenvalue weighted by Gasteiger charge is -2.00. The Morgan fingerprint density at radius 2 is 1.93 bits per heavy atom. The Hall–Kier alpha value is -1.13. The van der Waals surface area contributed by atoms with Gasteiger partial charge in [-0.1, -0.05) is 30.3 Å². The van der Waals surface area contributed by atoms with Gasteiger partial charge in [0.25, 0.3) is 0 Å². The first kappa shape index (κ1) is 10.9. The molecule has 1 N–H and O–H groups in total. The molecule has 0 spiro atoms. The summed E-state index contributed by atoms with van der Waals surface area (Å²) in [7, 11) is -0.500. The summed E-state index contributed by atoms with van der Waals surface area (Å²) in [6, 6.07) is 9.81. The molecule has 0 saturated carbocycles. The maximum Gasteiger partial charge on any atom is 0.228 e. The summed E-state index contributed by atoms with van der Waals surface area (Å²) < 4.78 is 21.3. The molecule has 0 amide bonds. The lowest BCUT2D eigenvalue weighted by Crippen LogP contribution is -2.19. The summed E-state index contributed by atoms with van der Waals surface area (Å²) in [6.45, 7) is 0. The van der Waals surface area contributed by atoms with Crippen molar-refractivity contribution in [3.63, 3.8) is 0 Å². The van der Waals surface area contributed by atoms with Gasteiger partial charge in [-0.3, -0.25) is 5.32 Å². The first-order valence-electron chi connectivity index (χ1n) is 4.41. The minimum atomic E-state index is -2.12. The van der Waals surface area contributed by atoms with Crippen molar-refractivity contribution < 1.29 is 8.42 Å². The third-order valence-electron chi connectivity index (χ3n) is 1.96. The van der Waals surface area contributed by atoms with E-state index >= 15 is 0 Å². The van der Waals surface area contributed by atoms with E-state index in [9.17, 15) is 8.42 Å². The van der Waals surface area contributed by atoms with Crippen molar-refractivity contribution in [2.75, 3.05) is 7.05 Å². The first-order valence-corrected chi connectivity index (χ1v) is 5.48. The number of hydrogen-bond acceptors (Lipinski definition) is 2. The highest BCUT2D eigenvalue weighted by Crippen LogP contribution is 2.01. The van der Waals surface area contributed by atoms with E-state index in [1.54, 1.807) is 7.05 Å². The van der Waals surface area contributed by atoms with Crippen LogP contribution in [0.15, 0.2) is 30.3 Å². The summed E-state index contributed by atoms with van der Waals surface area (Å²) in [5, 5.41) is 2.68. The number of aryl methyl sites for hydroxylation is 1. The van der Waals surface area contributed by atoms with Gasteiger partial charge in [0.2, 0.25) is 10.3 Å². The zero-order chi connectivity index (χ0) is 10.4. The van der Waals surface area contributed by atoms with Crippen LogP contribution in [0.5, 0.6) is 0 Å². The van der Waals surface area contributed by atoms with Gasteiger partial charge in [-0.15, -0.1) is 0 Å². The van der Waals surface area contributed by atoms with Gasteiger partial charge in [0.15, 0.2) is 0 Å². The molecular weight excluding hydrogens is 198 g/mol. The second-order valence-corrected chi connectivity index (χ2v) is 3.86. The second-order valence-electron chi connectivity index (χ2n) is 2.89. The Labute approximate surface area is 85.3 Å². The minimum Gasteiger partial charge on any atom is -0.282 e. The highest BCUT2D eigenvalue weighted by atomic mass is 32.2. The molecule has 76 valence electrons. The molecule has 3 nitrogen and oxygen atoms in total. The highest BCUT2D eigenvalue weighted by molar-refractivity contribution is 7.72. The average Bonchev–Trinajstić information content (AvgIpc) is 2.20. The zero-order valence-electron chi connectivity index (χ0n) is 8.03. The number of rotatable bonds is 3. The lowest BCUT2D eigenvalue weighted by atomic mass is 10.1. The fourth-order valence-corrected chi connectivity index (χ4v) is 1.63. The van der Waals surface area contributed by atoms with Crippen molar-refractivity contribution in [3.05, 3.63) is 35.9 Å². The molecule has 0 unspecified atom stereocenters. The Balaban J connectivity index is 2.62. The minimum absolute atomic E-state index is 0.355. The third-order valence-corrected chi connectivity index (χ3v) is 2.77. The zero-order valence-corrected chi connectivity index (χ0v) is 8.84. The predicted octanol–water partition coefficient (Wildman–Crippen LogP) is 0.848. The van der Waals surface area contributed by atoms with E-state index in [0.717, 1.165) is 12.0 Å². The molecule has 0 bridgehead atoms. The van der Waals surface area contributed by atoms with E-state index in [-0.39, 0.29) is 0 Å². The summed E-state index contributed by atoms with van der Waals surface area (Å²) in [5.74, 6) is 0. The quantitative estimate of drug-likeness (QED) is 0.754. The van der Waals surface area contributed by atoms with Crippen molar-refractivity contribution in [3.8, 4) is 0 Å². The first-order chi connectivity index (χ1) is 6.74. The molecule has 0 aliphatic heterocycles. The smallest absolute Gasteiger partial charge is 0.228 e. The largest absolute Gasteiger partial charge is 0.282 e. The van der Waals surface area contributed by atoms with E-state index in [2.05, 4.69) is 5.32 Å². The normalized spacial score (nSPS) is 9.79. The monoisotopic (exact) mass is 211 g/mol. The summed E-state index contributed by atoms with van der Waals surface area (Å²) >= 11 is 0. The predicted molar refractivity (Wildman–Crippen MR) is 57.7 cm³/mol. The van der Waals surface area contributed by atoms with Gasteiger partial charge in [-0.05, 0) is 19.0 Å². The van der Waals surface area contributed by atoms with Crippen LogP contribution in [0.3, 0.4) is 0 Å². The fraction of sp³-hybridized carbons (Fsp3) is 0.300. The summed E-state index contributed by atoms with van der Waals surface area (Å²) in [4.78, 5) is 0.355. The molecular formula is C10H13NO2S. The van der Waals surface area contributed by atoms with Crippen molar-refractivity contribution in [2.45, 2.75) is 12.8 Å². The third kappa shape index (κ3) is 3.32. The van der Waals surface area contributed by atoms with E-state index in [0.29, 0.717) is 11.4 Å². The standard InChI is InChI=1S/C10H13NO2S/c1-11-10(14(12)13)8-7-9-5-3-2-4-6-9/h2-6,11H,7-8H2,1H3. The molecule has 1 aromatic rings. The molecule has 0 fully saturated rings. The van der Waals surface area contributed by atoms with Gasteiger partial charge in [-0.2, -0.15) is 8.42 Å². The van der Waals surface area contributed by atoms with Crippen LogP contribution in [-0.4, -0.2) is 20.5 Å². The second kappa shape index (κ2) is 5.57. The van der Waals surface area contributed by atoms with Crippen LogP contribution in [0, 0.1) is 0 Å². The molecule has 1 rings (SSSR count). The highest BCUT2D eigenvalue weighted by Gasteiger charge is 1.98. The van der Waals surface area contributed by atoms with Crippen molar-refractivity contribution in [1.29, 1.82) is 0 Å². The van der Waals surface area contributed by atoms with E-state index in [1.807, 2.05) is 30.3 Å². The maximum atomic E-state index is 10.7. The van der Waals surface area contributed by atoms with Gasteiger partial charge < -0.3 is 0 Å². The molecule has 0 radical (unpaired) electrons. The Morgan fingerprint density at radius 3 is 2.43 bits per heavy atom. The van der Waals surface area contributed by atoms with Crippen molar-refractivity contribution in [1.82, 2.24) is 5.32 Å². The van der Waals surface area contributed by atoms with Gasteiger partial charge in [0.05, 0.1) is 0 Å². The van der Waals surface area contributed by atoms with Gasteiger partial charge >= 0.3 is 0 Å². The van der Waals surface area contributed by atoms with Crippen LogP contribution < -0.4 is 5.32 Å². The SMILES string of the molecule is CNC(CCc1ccccc1)=S(=O)=O. The lowest BCUT2D eigenvalue weighted by molar-refractivity contribution is 0.626. The van der Waals surface area contributed by atoms with Gasteiger partial charge in [0, 0.05) is 6.42 Å². The van der Waals surface area contributed by atoms with Crippen LogP contribution in [-0.2, 0) is 16.7 Å². The average molecular weight is 211 g/mol. The van der Waals surface area contributed by atoms with Gasteiger partial charge in [0.1, 0.15) is 4.99 Å². The van der Waals surface area contributed by atoms with Crippen LogP contribution >= 0.6 is 0 Å². The topological polar surface area (TPSA) is 46.2 Å². The van der Waals surface area contributed by atoms with E-state index in [4.69, 9.17) is 0 Å². The molecule has 0 aliphatic rings. The summed E-state index contributed by atoms with van der Waals surface area (Å²) in [5.41, 5.74) is 1.14. The molecule has 0 aliphatic carbocycles. The number of hydrogen-bond donors (Lipinski definition) is 1.